The van der Waals surface area contributed by atoms with Gasteiger partial charge < -0.3 is 25.6 Å². The predicted octanol–water partition coefficient (Wildman–Crippen LogP) is 4.39. The van der Waals surface area contributed by atoms with Crippen molar-refractivity contribution in [2.75, 3.05) is 62.6 Å². The first kappa shape index (κ1) is 35.8. The van der Waals surface area contributed by atoms with Crippen LogP contribution in [-0.4, -0.2) is 81.4 Å². The number of hydrogen-bond donors (Lipinski definition) is 3. The molecule has 2 aliphatic heterocycles. The lowest BCUT2D eigenvalue weighted by Crippen LogP contribution is -2.47. The molecule has 0 saturated carbocycles. The molecule has 2 aromatic carbocycles. The topological polar surface area (TPSA) is 85.9 Å². The highest BCUT2D eigenvalue weighted by molar-refractivity contribution is 6.31. The number of morpholine rings is 1. The molecule has 1 atom stereocenters. The van der Waals surface area contributed by atoms with Gasteiger partial charge in [0.25, 0.3) is 11.8 Å². The van der Waals surface area contributed by atoms with Crippen molar-refractivity contribution < 1.29 is 36.3 Å². The predicted molar refractivity (Wildman–Crippen MR) is 154 cm³/mol. The lowest BCUT2D eigenvalue weighted by molar-refractivity contribution is -0.138. The lowest BCUT2D eigenvalue weighted by Gasteiger charge is -2.37. The Balaban J connectivity index is 0.00000308. The molecule has 234 valence electrons. The van der Waals surface area contributed by atoms with Crippen molar-refractivity contribution in [3.63, 3.8) is 0 Å². The Kier molecular flexibility index (Phi) is 13.5. The Hall–Kier alpha value is -2.42. The molecule has 8 nitrogen and oxygen atoms in total. The zero-order valence-corrected chi connectivity index (χ0v) is 24.6. The number of carbonyl (C=O) groups is 2. The van der Waals surface area contributed by atoms with E-state index in [-0.39, 0.29) is 49.2 Å². The monoisotopic (exact) mass is 661 g/mol. The molecule has 0 bridgehead atoms. The quantitative estimate of drug-likeness (QED) is 0.364. The second kappa shape index (κ2) is 15.9. The minimum atomic E-state index is -4.23. The van der Waals surface area contributed by atoms with Crippen molar-refractivity contribution in [2.24, 2.45) is 0 Å². The zero-order chi connectivity index (χ0) is 28.9. The lowest BCUT2D eigenvalue weighted by atomic mass is 10.1. The molecule has 0 radical (unpaired) electrons. The number of nitrogens with one attached hydrogen (secondary N) is 3. The van der Waals surface area contributed by atoms with Crippen molar-refractivity contribution in [1.29, 1.82) is 0 Å². The number of nitrogens with zero attached hydrogens (tertiary/aromatic N) is 2. The number of benzene rings is 2. The third-order valence-corrected chi connectivity index (χ3v) is 6.95. The molecule has 2 aromatic rings. The second-order valence-electron chi connectivity index (χ2n) is 9.49. The molecule has 0 aromatic heterocycles. The van der Waals surface area contributed by atoms with Gasteiger partial charge in [0.1, 0.15) is 6.10 Å². The van der Waals surface area contributed by atoms with Gasteiger partial charge in [0.05, 0.1) is 30.0 Å². The van der Waals surface area contributed by atoms with Crippen LogP contribution in [0.2, 0.25) is 5.02 Å². The van der Waals surface area contributed by atoms with Crippen molar-refractivity contribution in [2.45, 2.75) is 25.2 Å². The molecule has 3 N–H and O–H groups in total. The molecule has 2 heterocycles. The molecule has 0 spiro atoms. The summed E-state index contributed by atoms with van der Waals surface area (Å²) < 4.78 is 72.7. The molecule has 0 aliphatic carbocycles. The number of anilines is 2. The van der Waals surface area contributed by atoms with Gasteiger partial charge in [-0.1, -0.05) is 17.7 Å². The maximum absolute atomic E-state index is 14.9. The van der Waals surface area contributed by atoms with Gasteiger partial charge in [-0.2, -0.15) is 13.2 Å². The highest BCUT2D eigenvalue weighted by Crippen LogP contribution is 2.31. The Morgan fingerprint density at radius 1 is 1.05 bits per heavy atom. The van der Waals surface area contributed by atoms with E-state index in [4.69, 9.17) is 16.3 Å². The van der Waals surface area contributed by atoms with E-state index in [1.807, 2.05) is 4.90 Å². The molecule has 2 saturated heterocycles. The number of amides is 2. The third-order valence-electron chi connectivity index (χ3n) is 6.71. The highest BCUT2D eigenvalue weighted by Gasteiger charge is 2.29. The van der Waals surface area contributed by atoms with Gasteiger partial charge in [-0.25, -0.2) is 8.78 Å². The van der Waals surface area contributed by atoms with E-state index in [0.29, 0.717) is 56.6 Å². The molecular weight excluding hydrogens is 632 g/mol. The summed E-state index contributed by atoms with van der Waals surface area (Å²) in [6.07, 6.45) is -5.86. The van der Waals surface area contributed by atoms with Crippen LogP contribution in [0.5, 0.6) is 0 Å². The summed E-state index contributed by atoms with van der Waals surface area (Å²) in [6, 6.07) is 6.98. The van der Waals surface area contributed by atoms with Crippen LogP contribution in [0.3, 0.4) is 0 Å². The zero-order valence-electron chi connectivity index (χ0n) is 22.2. The maximum Gasteiger partial charge on any atom is 0.390 e. The van der Waals surface area contributed by atoms with E-state index in [0.717, 1.165) is 6.07 Å². The van der Waals surface area contributed by atoms with Gasteiger partial charge in [0.15, 0.2) is 11.6 Å². The fourth-order valence-electron chi connectivity index (χ4n) is 4.49. The molecule has 42 heavy (non-hydrogen) atoms. The van der Waals surface area contributed by atoms with Crippen LogP contribution < -0.4 is 20.9 Å². The van der Waals surface area contributed by atoms with Gasteiger partial charge in [0, 0.05) is 62.9 Å². The summed E-state index contributed by atoms with van der Waals surface area (Å²) in [6.45, 7) is 2.40. The first-order chi connectivity index (χ1) is 19.0. The average Bonchev–Trinajstić information content (AvgIpc) is 2.94. The van der Waals surface area contributed by atoms with Crippen LogP contribution in [0.25, 0.3) is 0 Å². The number of ether oxygens (including phenoxy) is 1. The minimum Gasteiger partial charge on any atom is -0.367 e. The number of carbonyl (C=O) groups excluding carboxylic acids is 2. The van der Waals surface area contributed by atoms with Crippen LogP contribution in [0.1, 0.15) is 22.3 Å². The Morgan fingerprint density at radius 2 is 1.76 bits per heavy atom. The van der Waals surface area contributed by atoms with Gasteiger partial charge in [-0.15, -0.1) is 24.8 Å². The van der Waals surface area contributed by atoms with Crippen molar-refractivity contribution in [1.82, 2.24) is 15.5 Å². The smallest absolute Gasteiger partial charge is 0.367 e. The summed E-state index contributed by atoms with van der Waals surface area (Å²) in [7, 11) is 0. The van der Waals surface area contributed by atoms with Gasteiger partial charge in [0.2, 0.25) is 0 Å². The van der Waals surface area contributed by atoms with E-state index >= 15 is 0 Å². The molecule has 2 amide bonds. The van der Waals surface area contributed by atoms with E-state index in [1.165, 1.54) is 18.2 Å². The van der Waals surface area contributed by atoms with Crippen molar-refractivity contribution in [3.05, 3.63) is 58.1 Å². The van der Waals surface area contributed by atoms with Crippen LogP contribution in [0.15, 0.2) is 30.3 Å². The first-order valence-electron chi connectivity index (χ1n) is 12.7. The Bertz CT molecular complexity index is 1230. The minimum absolute atomic E-state index is 0. The largest absolute Gasteiger partial charge is 0.390 e. The number of hydrogen-bond acceptors (Lipinski definition) is 6. The van der Waals surface area contributed by atoms with Crippen molar-refractivity contribution in [3.8, 4) is 0 Å². The van der Waals surface area contributed by atoms with Crippen LogP contribution >= 0.6 is 36.4 Å². The highest BCUT2D eigenvalue weighted by atomic mass is 35.5. The normalized spacial score (nSPS) is 17.6. The molecular formula is C26H31Cl3F5N5O3. The molecule has 2 fully saturated rings. The maximum atomic E-state index is 14.9. The van der Waals surface area contributed by atoms with Gasteiger partial charge >= 0.3 is 6.18 Å². The van der Waals surface area contributed by atoms with Gasteiger partial charge in [-0.05, 0) is 24.3 Å². The van der Waals surface area contributed by atoms with Crippen LogP contribution in [0.4, 0.5) is 33.3 Å². The van der Waals surface area contributed by atoms with E-state index in [1.54, 1.807) is 11.0 Å². The number of alkyl halides is 3. The Labute approximate surface area is 257 Å². The summed E-state index contributed by atoms with van der Waals surface area (Å²) in [5, 5.41) is 8.46. The SMILES string of the molecule is Cl.Cl.O=C(Nc1ccc(Cl)cc1N1CCN(CCC(F)(F)F)CC1)c1ccc(CNC(=O)C2CNCCO2)c(F)c1F. The average molecular weight is 663 g/mol. The fourth-order valence-corrected chi connectivity index (χ4v) is 4.66. The summed E-state index contributed by atoms with van der Waals surface area (Å²) in [5.41, 5.74) is 0.123. The summed E-state index contributed by atoms with van der Waals surface area (Å²) >= 11 is 6.16. The number of piperazine rings is 1. The number of halogens is 8. The Morgan fingerprint density at radius 3 is 2.40 bits per heavy atom. The summed E-state index contributed by atoms with van der Waals surface area (Å²) in [4.78, 5) is 28.7. The molecule has 4 rings (SSSR count). The molecule has 16 heteroatoms. The standard InChI is InChI=1S/C26H29ClF5N5O3.2ClH/c27-17-2-4-19(20(13-17)37-10-8-36(9-11-37)7-5-26(30,31)32)35-24(38)18-3-1-16(22(28)23(18)29)14-34-25(39)21-15-33-6-12-40-21;;/h1-4,13,21,33H,5-12,14-15H2,(H,34,39)(H,35,38);2*1H. The van der Waals surface area contributed by atoms with Gasteiger partial charge in [-0.3, -0.25) is 14.5 Å². The van der Waals surface area contributed by atoms with E-state index in [9.17, 15) is 31.5 Å². The van der Waals surface area contributed by atoms with Crippen molar-refractivity contribution >= 4 is 59.6 Å². The molecule has 2 aliphatic rings. The fraction of sp³-hybridized carbons (Fsp3) is 0.462. The number of rotatable bonds is 8. The second-order valence-corrected chi connectivity index (χ2v) is 9.93. The molecule has 1 unspecified atom stereocenters. The van der Waals surface area contributed by atoms with Crippen LogP contribution in [0, 0.1) is 11.6 Å². The van der Waals surface area contributed by atoms with Crippen LogP contribution in [-0.2, 0) is 16.1 Å². The third kappa shape index (κ3) is 9.55. The van der Waals surface area contributed by atoms with E-state index < -0.39 is 47.7 Å². The first-order valence-corrected chi connectivity index (χ1v) is 13.1. The van der Waals surface area contributed by atoms with E-state index in [2.05, 4.69) is 16.0 Å². The summed E-state index contributed by atoms with van der Waals surface area (Å²) in [5.74, 6) is -4.00.